The van der Waals surface area contributed by atoms with Gasteiger partial charge in [0.2, 0.25) is 5.91 Å². The summed E-state index contributed by atoms with van der Waals surface area (Å²) in [5, 5.41) is 21.0. The monoisotopic (exact) mass is 287 g/mol. The van der Waals surface area contributed by atoms with Gasteiger partial charge < -0.3 is 15.5 Å². The minimum Gasteiger partial charge on any atom is -0.507 e. The molecule has 0 unspecified atom stereocenters. The number of carboxylic acids is 1. The van der Waals surface area contributed by atoms with Gasteiger partial charge in [0.25, 0.3) is 0 Å². The van der Waals surface area contributed by atoms with Crippen molar-refractivity contribution in [2.75, 3.05) is 5.32 Å². The lowest BCUT2D eigenvalue weighted by atomic mass is 10.0. The largest absolute Gasteiger partial charge is 0.507 e. The van der Waals surface area contributed by atoms with E-state index < -0.39 is 5.97 Å². The summed E-state index contributed by atoms with van der Waals surface area (Å²) in [6.45, 7) is 0. The molecule has 0 aliphatic heterocycles. The molecule has 1 aromatic carbocycles. The number of aromatic carboxylic acids is 1. The Labute approximate surface area is 122 Å². The number of rotatable bonds is 5. The van der Waals surface area contributed by atoms with Crippen molar-refractivity contribution in [3.05, 3.63) is 47.6 Å². The SMILES string of the molecule is O=C(CCC1=CCCC=C1)Nc1ccc(O)c(C(=O)O)c1. The number of phenols is 1. The van der Waals surface area contributed by atoms with E-state index in [1.54, 1.807) is 0 Å². The van der Waals surface area contributed by atoms with Crippen LogP contribution in [0.1, 0.15) is 36.0 Å². The highest BCUT2D eigenvalue weighted by Crippen LogP contribution is 2.22. The van der Waals surface area contributed by atoms with Crippen molar-refractivity contribution >= 4 is 17.6 Å². The maximum atomic E-state index is 11.8. The van der Waals surface area contributed by atoms with Crippen LogP contribution < -0.4 is 5.32 Å². The molecule has 0 atom stereocenters. The number of aromatic hydroxyl groups is 1. The lowest BCUT2D eigenvalue weighted by Gasteiger charge is -2.09. The van der Waals surface area contributed by atoms with Crippen molar-refractivity contribution in [1.29, 1.82) is 0 Å². The second kappa shape index (κ2) is 6.74. The molecule has 0 spiro atoms. The molecule has 0 fully saturated rings. The van der Waals surface area contributed by atoms with Crippen LogP contribution in [0.5, 0.6) is 5.75 Å². The van der Waals surface area contributed by atoms with Gasteiger partial charge in [0.1, 0.15) is 11.3 Å². The molecule has 21 heavy (non-hydrogen) atoms. The molecule has 0 bridgehead atoms. The van der Waals surface area contributed by atoms with Crippen LogP contribution in [-0.2, 0) is 4.79 Å². The minimum atomic E-state index is -1.24. The molecule has 5 heteroatoms. The Bertz CT molecular complexity index is 617. The van der Waals surface area contributed by atoms with Gasteiger partial charge in [0.05, 0.1) is 0 Å². The first-order chi connectivity index (χ1) is 10.1. The van der Waals surface area contributed by atoms with E-state index in [-0.39, 0.29) is 17.2 Å². The van der Waals surface area contributed by atoms with Gasteiger partial charge in [-0.2, -0.15) is 0 Å². The molecule has 1 amide bonds. The predicted molar refractivity (Wildman–Crippen MR) is 79.4 cm³/mol. The molecule has 110 valence electrons. The van der Waals surface area contributed by atoms with Crippen molar-refractivity contribution in [3.63, 3.8) is 0 Å². The Morgan fingerprint density at radius 3 is 2.71 bits per heavy atom. The van der Waals surface area contributed by atoms with Crippen LogP contribution in [0.25, 0.3) is 0 Å². The maximum Gasteiger partial charge on any atom is 0.339 e. The third-order valence-corrected chi connectivity index (χ3v) is 3.22. The molecule has 1 aliphatic rings. The quantitative estimate of drug-likeness (QED) is 0.726. The molecule has 0 radical (unpaired) electrons. The fraction of sp³-hybridized carbons (Fsp3) is 0.250. The Morgan fingerprint density at radius 1 is 1.24 bits per heavy atom. The normalized spacial score (nSPS) is 13.6. The van der Waals surface area contributed by atoms with Gasteiger partial charge in [-0.3, -0.25) is 4.79 Å². The van der Waals surface area contributed by atoms with Crippen LogP contribution in [0, 0.1) is 0 Å². The summed E-state index contributed by atoms with van der Waals surface area (Å²) >= 11 is 0. The fourth-order valence-electron chi connectivity index (χ4n) is 2.12. The number of hydrogen-bond acceptors (Lipinski definition) is 3. The lowest BCUT2D eigenvalue weighted by Crippen LogP contribution is -2.12. The lowest BCUT2D eigenvalue weighted by molar-refractivity contribution is -0.116. The molecular formula is C16H17NO4. The zero-order valence-corrected chi connectivity index (χ0v) is 11.5. The highest BCUT2D eigenvalue weighted by molar-refractivity contribution is 5.95. The number of nitrogens with one attached hydrogen (secondary N) is 1. The molecule has 0 saturated heterocycles. The standard InChI is InChI=1S/C16H17NO4/c18-14-8-7-12(10-13(14)16(20)21)17-15(19)9-6-11-4-2-1-3-5-11/h2,4-5,7-8,10,18H,1,3,6,9H2,(H,17,19)(H,20,21). The van der Waals surface area contributed by atoms with Crippen LogP contribution >= 0.6 is 0 Å². The number of carbonyl (C=O) groups excluding carboxylic acids is 1. The third kappa shape index (κ3) is 4.21. The average Bonchev–Trinajstić information content (AvgIpc) is 2.48. The van der Waals surface area contributed by atoms with Gasteiger partial charge >= 0.3 is 5.97 Å². The molecule has 0 aromatic heterocycles. The predicted octanol–water partition coefficient (Wildman–Crippen LogP) is 3.09. The van der Waals surface area contributed by atoms with E-state index in [4.69, 9.17) is 5.11 Å². The van der Waals surface area contributed by atoms with E-state index in [1.165, 1.54) is 18.2 Å². The van der Waals surface area contributed by atoms with E-state index in [2.05, 4.69) is 17.5 Å². The summed E-state index contributed by atoms with van der Waals surface area (Å²) in [4.78, 5) is 22.8. The summed E-state index contributed by atoms with van der Waals surface area (Å²) in [6, 6.07) is 3.97. The molecule has 2 rings (SSSR count). The second-order valence-electron chi connectivity index (χ2n) is 4.84. The summed E-state index contributed by atoms with van der Waals surface area (Å²) in [7, 11) is 0. The number of amides is 1. The first kappa shape index (κ1) is 14.8. The van der Waals surface area contributed by atoms with E-state index in [0.717, 1.165) is 18.4 Å². The number of hydrogen-bond donors (Lipinski definition) is 3. The van der Waals surface area contributed by atoms with Crippen LogP contribution in [-0.4, -0.2) is 22.1 Å². The van der Waals surface area contributed by atoms with Crippen molar-refractivity contribution in [3.8, 4) is 5.75 Å². The molecule has 0 saturated carbocycles. The number of allylic oxidation sites excluding steroid dienone is 4. The summed E-state index contributed by atoms with van der Waals surface area (Å²) in [6.07, 6.45) is 9.28. The topological polar surface area (TPSA) is 86.6 Å². The number of carboxylic acid groups (broad SMARTS) is 1. The zero-order valence-electron chi connectivity index (χ0n) is 11.5. The minimum absolute atomic E-state index is 0.183. The Hall–Kier alpha value is -2.56. The van der Waals surface area contributed by atoms with Crippen molar-refractivity contribution < 1.29 is 19.8 Å². The summed E-state index contributed by atoms with van der Waals surface area (Å²) in [5.74, 6) is -1.74. The number of carbonyl (C=O) groups is 2. The second-order valence-corrected chi connectivity index (χ2v) is 4.84. The van der Waals surface area contributed by atoms with Crippen LogP contribution in [0.3, 0.4) is 0 Å². The Morgan fingerprint density at radius 2 is 2.05 bits per heavy atom. The van der Waals surface area contributed by atoms with Crippen molar-refractivity contribution in [2.45, 2.75) is 25.7 Å². The summed E-state index contributed by atoms with van der Waals surface area (Å²) in [5.41, 5.74) is 1.28. The zero-order chi connectivity index (χ0) is 15.2. The van der Waals surface area contributed by atoms with Crippen molar-refractivity contribution in [1.82, 2.24) is 0 Å². The van der Waals surface area contributed by atoms with Gasteiger partial charge in [-0.05, 0) is 37.5 Å². The molecule has 1 aromatic rings. The number of anilines is 1. The number of benzene rings is 1. The van der Waals surface area contributed by atoms with Gasteiger partial charge in [0.15, 0.2) is 0 Å². The first-order valence-electron chi connectivity index (χ1n) is 6.78. The smallest absolute Gasteiger partial charge is 0.339 e. The highest BCUT2D eigenvalue weighted by Gasteiger charge is 2.11. The van der Waals surface area contributed by atoms with E-state index in [9.17, 15) is 14.7 Å². The molecule has 1 aliphatic carbocycles. The molecule has 3 N–H and O–H groups in total. The molecular weight excluding hydrogens is 270 g/mol. The van der Waals surface area contributed by atoms with Gasteiger partial charge in [-0.15, -0.1) is 0 Å². The van der Waals surface area contributed by atoms with E-state index in [0.29, 0.717) is 18.5 Å². The van der Waals surface area contributed by atoms with Gasteiger partial charge in [-0.1, -0.05) is 23.8 Å². The van der Waals surface area contributed by atoms with Gasteiger partial charge in [-0.25, -0.2) is 4.79 Å². The first-order valence-corrected chi connectivity index (χ1v) is 6.78. The van der Waals surface area contributed by atoms with E-state index in [1.807, 2.05) is 6.08 Å². The Kier molecular flexibility index (Phi) is 4.77. The summed E-state index contributed by atoms with van der Waals surface area (Å²) < 4.78 is 0. The van der Waals surface area contributed by atoms with Crippen LogP contribution in [0.2, 0.25) is 0 Å². The van der Waals surface area contributed by atoms with Crippen LogP contribution in [0.4, 0.5) is 5.69 Å². The molecule has 0 heterocycles. The van der Waals surface area contributed by atoms with Crippen molar-refractivity contribution in [2.24, 2.45) is 0 Å². The van der Waals surface area contributed by atoms with E-state index >= 15 is 0 Å². The Balaban J connectivity index is 1.93. The highest BCUT2D eigenvalue weighted by atomic mass is 16.4. The van der Waals surface area contributed by atoms with Gasteiger partial charge in [0, 0.05) is 12.1 Å². The maximum absolute atomic E-state index is 11.8. The fourth-order valence-corrected chi connectivity index (χ4v) is 2.12. The van der Waals surface area contributed by atoms with Crippen LogP contribution in [0.15, 0.2) is 42.0 Å². The molecule has 5 nitrogen and oxygen atoms in total. The third-order valence-electron chi connectivity index (χ3n) is 3.22. The average molecular weight is 287 g/mol.